The van der Waals surface area contributed by atoms with E-state index in [1.54, 1.807) is 4.90 Å². The highest BCUT2D eigenvalue weighted by Crippen LogP contribution is 2.12. The fourth-order valence-corrected chi connectivity index (χ4v) is 1.45. The van der Waals surface area contributed by atoms with Crippen LogP contribution in [-0.2, 0) is 4.79 Å². The zero-order valence-corrected chi connectivity index (χ0v) is 7.79. The van der Waals surface area contributed by atoms with E-state index in [2.05, 4.69) is 0 Å². The molecule has 1 heterocycles. The summed E-state index contributed by atoms with van der Waals surface area (Å²) in [5, 5.41) is 9.19. The number of hydrogen-bond acceptors (Lipinski definition) is 2. The molecule has 1 amide bonds. The first kappa shape index (κ1) is 9.52. The van der Waals surface area contributed by atoms with Crippen molar-refractivity contribution in [3.8, 4) is 0 Å². The summed E-state index contributed by atoms with van der Waals surface area (Å²) < 4.78 is 0. The van der Waals surface area contributed by atoms with Crippen molar-refractivity contribution in [2.75, 3.05) is 13.1 Å². The molecule has 0 saturated carbocycles. The summed E-state index contributed by atoms with van der Waals surface area (Å²) in [6.07, 6.45) is 1.05. The SMILES string of the molecule is CC(C)CC(=O)N1CC[C@@H](O)C1. The van der Waals surface area contributed by atoms with E-state index in [4.69, 9.17) is 0 Å². The molecule has 1 atom stereocenters. The normalized spacial score (nSPS) is 23.7. The smallest absolute Gasteiger partial charge is 0.222 e. The Morgan fingerprint density at radius 2 is 2.33 bits per heavy atom. The molecule has 12 heavy (non-hydrogen) atoms. The number of aliphatic hydroxyl groups is 1. The first-order valence-electron chi connectivity index (χ1n) is 4.55. The monoisotopic (exact) mass is 171 g/mol. The molecule has 0 aromatic heterocycles. The van der Waals surface area contributed by atoms with Crippen LogP contribution in [0.25, 0.3) is 0 Å². The van der Waals surface area contributed by atoms with Gasteiger partial charge < -0.3 is 10.0 Å². The number of likely N-dealkylation sites (tertiary alicyclic amines) is 1. The van der Waals surface area contributed by atoms with Gasteiger partial charge in [-0.05, 0) is 12.3 Å². The number of amides is 1. The third kappa shape index (κ3) is 2.48. The summed E-state index contributed by atoms with van der Waals surface area (Å²) in [6.45, 7) is 5.33. The van der Waals surface area contributed by atoms with Gasteiger partial charge >= 0.3 is 0 Å². The van der Waals surface area contributed by atoms with Gasteiger partial charge in [-0.25, -0.2) is 0 Å². The van der Waals surface area contributed by atoms with Crippen LogP contribution in [0.5, 0.6) is 0 Å². The Morgan fingerprint density at radius 3 is 2.75 bits per heavy atom. The van der Waals surface area contributed by atoms with Gasteiger partial charge in [-0.1, -0.05) is 13.8 Å². The van der Waals surface area contributed by atoms with E-state index in [-0.39, 0.29) is 12.0 Å². The summed E-state index contributed by atoms with van der Waals surface area (Å²) >= 11 is 0. The summed E-state index contributed by atoms with van der Waals surface area (Å²) in [4.78, 5) is 13.2. The minimum absolute atomic E-state index is 0.182. The quantitative estimate of drug-likeness (QED) is 0.662. The Labute approximate surface area is 73.4 Å². The van der Waals surface area contributed by atoms with E-state index in [0.717, 1.165) is 13.0 Å². The highest BCUT2D eigenvalue weighted by Gasteiger charge is 2.24. The van der Waals surface area contributed by atoms with Gasteiger partial charge in [0.25, 0.3) is 0 Å². The number of aliphatic hydroxyl groups excluding tert-OH is 1. The lowest BCUT2D eigenvalue weighted by Crippen LogP contribution is -2.30. The minimum atomic E-state index is -0.291. The van der Waals surface area contributed by atoms with Crippen LogP contribution in [0.1, 0.15) is 26.7 Å². The standard InChI is InChI=1S/C9H17NO2/c1-7(2)5-9(12)10-4-3-8(11)6-10/h7-8,11H,3-6H2,1-2H3/t8-/m1/s1. The van der Waals surface area contributed by atoms with Crippen molar-refractivity contribution in [2.24, 2.45) is 5.92 Å². The molecule has 0 aromatic rings. The number of carbonyl (C=O) groups is 1. The van der Waals surface area contributed by atoms with Crippen molar-refractivity contribution in [3.05, 3.63) is 0 Å². The van der Waals surface area contributed by atoms with Crippen LogP contribution in [0.4, 0.5) is 0 Å². The maximum atomic E-state index is 11.4. The molecule has 1 aliphatic heterocycles. The maximum absolute atomic E-state index is 11.4. The van der Waals surface area contributed by atoms with Crippen molar-refractivity contribution in [3.63, 3.8) is 0 Å². The van der Waals surface area contributed by atoms with Crippen molar-refractivity contribution in [1.29, 1.82) is 0 Å². The lowest BCUT2D eigenvalue weighted by Gasteiger charge is -2.16. The molecule has 1 saturated heterocycles. The fourth-order valence-electron chi connectivity index (χ4n) is 1.45. The largest absolute Gasteiger partial charge is 0.391 e. The molecule has 70 valence electrons. The van der Waals surface area contributed by atoms with Crippen LogP contribution in [0.2, 0.25) is 0 Å². The Bertz CT molecular complexity index is 168. The maximum Gasteiger partial charge on any atom is 0.222 e. The molecule has 0 bridgehead atoms. The van der Waals surface area contributed by atoms with Crippen molar-refractivity contribution in [2.45, 2.75) is 32.8 Å². The van der Waals surface area contributed by atoms with Gasteiger partial charge in [0.05, 0.1) is 6.10 Å². The molecule has 0 radical (unpaired) electrons. The van der Waals surface area contributed by atoms with Crippen LogP contribution in [-0.4, -0.2) is 35.1 Å². The zero-order valence-electron chi connectivity index (χ0n) is 7.79. The predicted octanol–water partition coefficient (Wildman–Crippen LogP) is 0.626. The highest BCUT2D eigenvalue weighted by molar-refractivity contribution is 5.76. The first-order valence-corrected chi connectivity index (χ1v) is 4.55. The van der Waals surface area contributed by atoms with Crippen LogP contribution < -0.4 is 0 Å². The van der Waals surface area contributed by atoms with E-state index >= 15 is 0 Å². The predicted molar refractivity (Wildman–Crippen MR) is 46.7 cm³/mol. The lowest BCUT2D eigenvalue weighted by molar-refractivity contribution is -0.131. The second kappa shape index (κ2) is 3.90. The van der Waals surface area contributed by atoms with Crippen LogP contribution in [0.15, 0.2) is 0 Å². The number of carbonyl (C=O) groups excluding carboxylic acids is 1. The molecule has 1 aliphatic rings. The third-order valence-electron chi connectivity index (χ3n) is 2.10. The van der Waals surface area contributed by atoms with Gasteiger partial charge in [-0.2, -0.15) is 0 Å². The first-order chi connectivity index (χ1) is 5.59. The lowest BCUT2D eigenvalue weighted by atomic mass is 10.1. The van der Waals surface area contributed by atoms with Gasteiger partial charge in [-0.15, -0.1) is 0 Å². The van der Waals surface area contributed by atoms with Crippen molar-refractivity contribution >= 4 is 5.91 Å². The second-order valence-corrected chi connectivity index (χ2v) is 3.88. The van der Waals surface area contributed by atoms with Gasteiger partial charge in [0.1, 0.15) is 0 Å². The molecule has 0 unspecified atom stereocenters. The van der Waals surface area contributed by atoms with Gasteiger partial charge in [0, 0.05) is 19.5 Å². The molecule has 1 N–H and O–H groups in total. The average Bonchev–Trinajstić information content (AvgIpc) is 2.34. The second-order valence-electron chi connectivity index (χ2n) is 3.88. The van der Waals surface area contributed by atoms with E-state index in [9.17, 15) is 9.90 Å². The zero-order chi connectivity index (χ0) is 9.14. The van der Waals surface area contributed by atoms with E-state index < -0.39 is 0 Å². The van der Waals surface area contributed by atoms with Crippen LogP contribution in [0, 0.1) is 5.92 Å². The Kier molecular flexibility index (Phi) is 3.09. The Morgan fingerprint density at radius 1 is 1.67 bits per heavy atom. The third-order valence-corrected chi connectivity index (χ3v) is 2.10. The van der Waals surface area contributed by atoms with Crippen LogP contribution in [0.3, 0.4) is 0 Å². The molecular formula is C9H17NO2. The topological polar surface area (TPSA) is 40.5 Å². The molecule has 0 spiro atoms. The molecule has 0 aromatic carbocycles. The number of rotatable bonds is 2. The van der Waals surface area contributed by atoms with E-state index in [1.807, 2.05) is 13.8 Å². The van der Waals surface area contributed by atoms with Crippen LogP contribution >= 0.6 is 0 Å². The Balaban J connectivity index is 2.33. The Hall–Kier alpha value is -0.570. The molecule has 0 aliphatic carbocycles. The molecular weight excluding hydrogens is 154 g/mol. The molecule has 3 nitrogen and oxygen atoms in total. The molecule has 3 heteroatoms. The highest BCUT2D eigenvalue weighted by atomic mass is 16.3. The molecule has 1 rings (SSSR count). The van der Waals surface area contributed by atoms with E-state index in [1.165, 1.54) is 0 Å². The van der Waals surface area contributed by atoms with Gasteiger partial charge in [0.15, 0.2) is 0 Å². The van der Waals surface area contributed by atoms with Gasteiger partial charge in [0.2, 0.25) is 5.91 Å². The van der Waals surface area contributed by atoms with Gasteiger partial charge in [-0.3, -0.25) is 4.79 Å². The summed E-state index contributed by atoms with van der Waals surface area (Å²) in [6, 6.07) is 0. The number of nitrogens with zero attached hydrogens (tertiary/aromatic N) is 1. The summed E-state index contributed by atoms with van der Waals surface area (Å²) in [5.74, 6) is 0.594. The molecule has 1 fully saturated rings. The minimum Gasteiger partial charge on any atom is -0.391 e. The number of β-amino-alcohol motifs (C(OH)–C–C–N with tert-alkyl or cyclic N) is 1. The van der Waals surface area contributed by atoms with E-state index in [0.29, 0.717) is 18.9 Å². The summed E-state index contributed by atoms with van der Waals surface area (Å²) in [5.41, 5.74) is 0. The average molecular weight is 171 g/mol. The number of hydrogen-bond donors (Lipinski definition) is 1. The fraction of sp³-hybridized carbons (Fsp3) is 0.889. The van der Waals surface area contributed by atoms with Crippen molar-refractivity contribution in [1.82, 2.24) is 4.90 Å². The van der Waals surface area contributed by atoms with Crippen molar-refractivity contribution < 1.29 is 9.90 Å². The summed E-state index contributed by atoms with van der Waals surface area (Å²) in [7, 11) is 0.